The van der Waals surface area contributed by atoms with E-state index in [2.05, 4.69) is 0 Å². The van der Waals surface area contributed by atoms with Gasteiger partial charge >= 0.3 is 6.03 Å². The second-order valence-corrected chi connectivity index (χ2v) is 9.87. The van der Waals surface area contributed by atoms with Gasteiger partial charge in [0.1, 0.15) is 0 Å². The maximum Gasteiger partial charge on any atom is 0.332 e. The molecule has 33 heavy (non-hydrogen) atoms. The van der Waals surface area contributed by atoms with E-state index in [1.807, 2.05) is 38.1 Å². The highest BCUT2D eigenvalue weighted by molar-refractivity contribution is 6.31. The Kier molecular flexibility index (Phi) is 5.41. The van der Waals surface area contributed by atoms with Crippen molar-refractivity contribution in [1.29, 1.82) is 0 Å². The maximum absolute atomic E-state index is 14.0. The highest BCUT2D eigenvalue weighted by atomic mass is 35.5. The van der Waals surface area contributed by atoms with Gasteiger partial charge in [-0.3, -0.25) is 9.80 Å². The van der Waals surface area contributed by atoms with E-state index in [0.29, 0.717) is 40.2 Å². The normalized spacial score (nSPS) is 22.5. The predicted molar refractivity (Wildman–Crippen MR) is 131 cm³/mol. The minimum atomic E-state index is -1.67. The van der Waals surface area contributed by atoms with Crippen LogP contribution in [-0.4, -0.2) is 29.9 Å². The molecule has 170 valence electrons. The summed E-state index contributed by atoms with van der Waals surface area (Å²) in [6.07, 6.45) is 0. The molecule has 2 heterocycles. The molecule has 2 aliphatic rings. The Bertz CT molecular complexity index is 1190. The van der Waals surface area contributed by atoms with E-state index in [-0.39, 0.29) is 11.9 Å². The van der Waals surface area contributed by atoms with Crippen molar-refractivity contribution < 1.29 is 14.6 Å². The molecule has 2 fully saturated rings. The van der Waals surface area contributed by atoms with Gasteiger partial charge in [0.2, 0.25) is 0 Å². The zero-order valence-corrected chi connectivity index (χ0v) is 19.8. The number of aliphatic hydroxyl groups is 1. The van der Waals surface area contributed by atoms with Crippen molar-refractivity contribution in [1.82, 2.24) is 0 Å². The number of carbonyl (C=O) groups is 1. The van der Waals surface area contributed by atoms with E-state index >= 15 is 0 Å². The highest BCUT2D eigenvalue weighted by Crippen LogP contribution is 2.51. The van der Waals surface area contributed by atoms with Crippen LogP contribution in [0.5, 0.6) is 0 Å². The van der Waals surface area contributed by atoms with Crippen LogP contribution in [0.25, 0.3) is 0 Å². The molecule has 7 heteroatoms. The van der Waals surface area contributed by atoms with Crippen LogP contribution in [0.4, 0.5) is 16.2 Å². The third kappa shape index (κ3) is 3.42. The molecule has 3 aromatic carbocycles. The van der Waals surface area contributed by atoms with E-state index in [4.69, 9.17) is 27.9 Å². The second kappa shape index (κ2) is 8.03. The third-order valence-electron chi connectivity index (χ3n) is 6.69. The summed E-state index contributed by atoms with van der Waals surface area (Å²) in [5.41, 5.74) is 0.208. The van der Waals surface area contributed by atoms with Crippen LogP contribution in [0.1, 0.15) is 30.9 Å². The van der Waals surface area contributed by atoms with Crippen molar-refractivity contribution in [2.24, 2.45) is 0 Å². The summed E-state index contributed by atoms with van der Waals surface area (Å²) in [7, 11) is 0. The lowest BCUT2D eigenvalue weighted by Crippen LogP contribution is -2.56. The fraction of sp³-hybridized carbons (Fsp3) is 0.269. The first kappa shape index (κ1) is 22.2. The van der Waals surface area contributed by atoms with Crippen molar-refractivity contribution in [2.75, 3.05) is 23.0 Å². The molecule has 0 bridgehead atoms. The van der Waals surface area contributed by atoms with E-state index in [1.165, 1.54) is 4.90 Å². The van der Waals surface area contributed by atoms with Crippen LogP contribution in [0, 0.1) is 0 Å². The summed E-state index contributed by atoms with van der Waals surface area (Å²) in [5, 5.41) is 13.6. The topological polar surface area (TPSA) is 53.0 Å². The molecule has 0 spiro atoms. The first-order valence-corrected chi connectivity index (χ1v) is 11.5. The lowest BCUT2D eigenvalue weighted by molar-refractivity contribution is -0.00401. The van der Waals surface area contributed by atoms with Crippen molar-refractivity contribution in [3.63, 3.8) is 0 Å². The van der Waals surface area contributed by atoms with Crippen LogP contribution in [-0.2, 0) is 10.5 Å². The number of halogens is 2. The Morgan fingerprint density at radius 3 is 1.94 bits per heavy atom. The zero-order chi connectivity index (χ0) is 23.4. The van der Waals surface area contributed by atoms with Gasteiger partial charge in [-0.2, -0.15) is 0 Å². The fourth-order valence-corrected chi connectivity index (χ4v) is 4.99. The fourth-order valence-electron chi connectivity index (χ4n) is 4.74. The van der Waals surface area contributed by atoms with E-state index < -0.39 is 11.3 Å². The Balaban J connectivity index is 1.70. The molecule has 0 radical (unpaired) electrons. The van der Waals surface area contributed by atoms with Crippen molar-refractivity contribution >= 4 is 40.6 Å². The molecule has 2 aliphatic heterocycles. The van der Waals surface area contributed by atoms with E-state index in [0.717, 1.165) is 5.56 Å². The maximum atomic E-state index is 14.0. The predicted octanol–water partition coefficient (Wildman–Crippen LogP) is 6.18. The number of hydrogen-bond donors (Lipinski definition) is 1. The number of urea groups is 1. The van der Waals surface area contributed by atoms with Gasteiger partial charge in [-0.25, -0.2) is 4.79 Å². The summed E-state index contributed by atoms with van der Waals surface area (Å²) in [5.74, 6) is 0.283. The summed E-state index contributed by atoms with van der Waals surface area (Å²) in [4.78, 5) is 17.0. The van der Waals surface area contributed by atoms with Gasteiger partial charge in [-0.15, -0.1) is 0 Å². The molecule has 5 nitrogen and oxygen atoms in total. The standard InChI is InChI=1S/C26H24Cl2N2O3/c1-25(2)26(32,19-5-3-4-17(14-19)18-15-33-16-18)30(23-12-8-21(28)9-13-23)24(31)29(25)22-10-6-20(27)7-11-22/h3-14,18,32H,15-16H2,1-2H3. The SMILES string of the molecule is CC1(C)N(c2ccc(Cl)cc2)C(=O)N(c2ccc(Cl)cc2)C1(O)c1cccc(C2COC2)c1. The molecule has 3 aromatic rings. The molecule has 1 unspecified atom stereocenters. The minimum absolute atomic E-state index is 0.283. The quantitative estimate of drug-likeness (QED) is 0.483. The number of anilines is 2. The molecule has 0 aromatic heterocycles. The monoisotopic (exact) mass is 482 g/mol. The Hall–Kier alpha value is -2.57. The van der Waals surface area contributed by atoms with Crippen molar-refractivity contribution in [3.05, 3.63) is 94.0 Å². The van der Waals surface area contributed by atoms with Gasteiger partial charge in [0, 0.05) is 32.9 Å². The number of amides is 2. The lowest BCUT2D eigenvalue weighted by atomic mass is 9.82. The Morgan fingerprint density at radius 1 is 0.879 bits per heavy atom. The number of nitrogens with zero attached hydrogens (tertiary/aromatic N) is 2. The number of benzene rings is 3. The lowest BCUT2D eigenvalue weighted by Gasteiger charge is -2.43. The van der Waals surface area contributed by atoms with Crippen LogP contribution in [0.15, 0.2) is 72.8 Å². The van der Waals surface area contributed by atoms with Crippen LogP contribution >= 0.6 is 23.2 Å². The number of carbonyl (C=O) groups excluding carboxylic acids is 1. The molecular weight excluding hydrogens is 459 g/mol. The summed E-state index contributed by atoms with van der Waals surface area (Å²) in [6, 6.07) is 21.4. The molecule has 5 rings (SSSR count). The number of rotatable bonds is 4. The summed E-state index contributed by atoms with van der Waals surface area (Å²) >= 11 is 12.2. The molecule has 2 amide bonds. The molecule has 0 aliphatic carbocycles. The molecular formula is C26H24Cl2N2O3. The van der Waals surface area contributed by atoms with Gasteiger partial charge in [0.15, 0.2) is 5.72 Å². The first-order chi connectivity index (χ1) is 15.7. The van der Waals surface area contributed by atoms with Gasteiger partial charge in [-0.05, 0) is 67.9 Å². The van der Waals surface area contributed by atoms with Crippen molar-refractivity contribution in [3.8, 4) is 0 Å². The Labute approximate surface area is 203 Å². The molecule has 1 atom stereocenters. The summed E-state index contributed by atoms with van der Waals surface area (Å²) in [6.45, 7) is 5.05. The van der Waals surface area contributed by atoms with Gasteiger partial charge in [0.25, 0.3) is 0 Å². The van der Waals surface area contributed by atoms with E-state index in [9.17, 15) is 9.90 Å². The largest absolute Gasteiger partial charge is 0.380 e. The second-order valence-electron chi connectivity index (χ2n) is 9.00. The van der Waals surface area contributed by atoms with Crippen molar-refractivity contribution in [2.45, 2.75) is 31.0 Å². The van der Waals surface area contributed by atoms with E-state index in [1.54, 1.807) is 53.4 Å². The van der Waals surface area contributed by atoms with Crippen LogP contribution in [0.2, 0.25) is 10.0 Å². The number of ether oxygens (including phenoxy) is 1. The number of hydrogen-bond acceptors (Lipinski definition) is 3. The Morgan fingerprint density at radius 2 is 1.42 bits per heavy atom. The molecule has 2 saturated heterocycles. The molecule has 0 saturated carbocycles. The molecule has 1 N–H and O–H groups in total. The van der Waals surface area contributed by atoms with Gasteiger partial charge < -0.3 is 9.84 Å². The van der Waals surface area contributed by atoms with Gasteiger partial charge in [0.05, 0.1) is 18.8 Å². The zero-order valence-electron chi connectivity index (χ0n) is 18.3. The smallest absolute Gasteiger partial charge is 0.332 e. The average Bonchev–Trinajstić information content (AvgIpc) is 2.91. The average molecular weight is 483 g/mol. The summed E-state index contributed by atoms with van der Waals surface area (Å²) < 4.78 is 5.37. The van der Waals surface area contributed by atoms with Gasteiger partial charge in [-0.1, -0.05) is 47.5 Å². The third-order valence-corrected chi connectivity index (χ3v) is 7.19. The van der Waals surface area contributed by atoms with Crippen LogP contribution in [0.3, 0.4) is 0 Å². The minimum Gasteiger partial charge on any atom is -0.380 e. The van der Waals surface area contributed by atoms with Crippen LogP contribution < -0.4 is 9.80 Å². The highest BCUT2D eigenvalue weighted by Gasteiger charge is 2.64. The first-order valence-electron chi connectivity index (χ1n) is 10.8.